The Morgan fingerprint density at radius 3 is 2.79 bits per heavy atom. The molecule has 2 N–H and O–H groups in total. The molecule has 3 nitrogen and oxygen atoms in total. The maximum atomic E-state index is 5.99. The van der Waals surface area contributed by atoms with Crippen molar-refractivity contribution in [2.24, 2.45) is 5.73 Å². The van der Waals surface area contributed by atoms with Crippen molar-refractivity contribution in [1.29, 1.82) is 0 Å². The molecule has 0 bridgehead atoms. The van der Waals surface area contributed by atoms with Gasteiger partial charge in [0.1, 0.15) is 5.75 Å². The summed E-state index contributed by atoms with van der Waals surface area (Å²) in [6, 6.07) is 5.59. The minimum absolute atomic E-state index is 0.0627. The molecule has 1 aromatic carbocycles. The molecule has 1 atom stereocenters. The molecule has 1 fully saturated rings. The molecule has 19 heavy (non-hydrogen) atoms. The van der Waals surface area contributed by atoms with Crippen molar-refractivity contribution in [2.45, 2.75) is 32.2 Å². The third kappa shape index (κ3) is 4.37. The van der Waals surface area contributed by atoms with Crippen LogP contribution in [0.15, 0.2) is 18.2 Å². The number of halogens is 1. The van der Waals surface area contributed by atoms with Crippen LogP contribution in [0.4, 0.5) is 0 Å². The summed E-state index contributed by atoms with van der Waals surface area (Å²) in [6.45, 7) is 6.29. The summed E-state index contributed by atoms with van der Waals surface area (Å²) in [5.74, 6) is 0.862. The van der Waals surface area contributed by atoms with Crippen molar-refractivity contribution in [1.82, 2.24) is 4.90 Å². The molecule has 0 aromatic heterocycles. The van der Waals surface area contributed by atoms with E-state index in [4.69, 9.17) is 22.1 Å². The summed E-state index contributed by atoms with van der Waals surface area (Å²) in [5, 5.41) is 0.705. The van der Waals surface area contributed by atoms with Gasteiger partial charge in [0.25, 0.3) is 0 Å². The van der Waals surface area contributed by atoms with E-state index in [-0.39, 0.29) is 6.04 Å². The van der Waals surface area contributed by atoms with Crippen LogP contribution in [-0.2, 0) is 0 Å². The first-order valence-corrected chi connectivity index (χ1v) is 7.45. The Morgan fingerprint density at radius 2 is 2.11 bits per heavy atom. The minimum atomic E-state index is -0.0627. The Kier molecular flexibility index (Phi) is 5.49. The molecule has 1 aliphatic rings. The first-order chi connectivity index (χ1) is 9.16. The van der Waals surface area contributed by atoms with Gasteiger partial charge < -0.3 is 15.4 Å². The lowest BCUT2D eigenvalue weighted by Crippen LogP contribution is -2.22. The van der Waals surface area contributed by atoms with Crippen LogP contribution < -0.4 is 10.5 Å². The summed E-state index contributed by atoms with van der Waals surface area (Å²) in [4.78, 5) is 2.50. The molecule has 0 saturated carbocycles. The Morgan fingerprint density at radius 1 is 1.37 bits per heavy atom. The Bertz CT molecular complexity index is 403. The summed E-state index contributed by atoms with van der Waals surface area (Å²) < 4.78 is 5.85. The fraction of sp³-hybridized carbons (Fsp3) is 0.600. The highest BCUT2D eigenvalue weighted by Gasteiger charge is 2.11. The predicted molar refractivity (Wildman–Crippen MR) is 79.8 cm³/mol. The third-order valence-electron chi connectivity index (χ3n) is 3.54. The average molecular weight is 283 g/mol. The van der Waals surface area contributed by atoms with E-state index in [9.17, 15) is 0 Å². The molecule has 106 valence electrons. The molecule has 1 aromatic rings. The largest absolute Gasteiger partial charge is 0.493 e. The number of nitrogens with two attached hydrogens (primary N) is 1. The highest BCUT2D eigenvalue weighted by Crippen LogP contribution is 2.27. The van der Waals surface area contributed by atoms with Crippen molar-refractivity contribution < 1.29 is 4.74 Å². The monoisotopic (exact) mass is 282 g/mol. The molecular weight excluding hydrogens is 260 g/mol. The molecule has 1 heterocycles. The zero-order valence-electron chi connectivity index (χ0n) is 11.6. The van der Waals surface area contributed by atoms with E-state index >= 15 is 0 Å². The lowest BCUT2D eigenvalue weighted by Gasteiger charge is -2.17. The Labute approximate surface area is 120 Å². The number of hydrogen-bond acceptors (Lipinski definition) is 3. The lowest BCUT2D eigenvalue weighted by atomic mass is 10.1. The molecular formula is C15H23ClN2O. The molecule has 0 radical (unpaired) electrons. The van der Waals surface area contributed by atoms with Gasteiger partial charge in [0, 0.05) is 23.2 Å². The molecule has 0 spiro atoms. The van der Waals surface area contributed by atoms with E-state index in [1.807, 2.05) is 25.1 Å². The maximum absolute atomic E-state index is 5.99. The van der Waals surface area contributed by atoms with Crippen LogP contribution in [0.2, 0.25) is 5.02 Å². The fourth-order valence-electron chi connectivity index (χ4n) is 2.48. The number of likely N-dealkylation sites (tertiary alicyclic amines) is 1. The van der Waals surface area contributed by atoms with Crippen LogP contribution in [-0.4, -0.2) is 31.1 Å². The second-order valence-corrected chi connectivity index (χ2v) is 5.66. The summed E-state index contributed by atoms with van der Waals surface area (Å²) in [6.07, 6.45) is 3.74. The van der Waals surface area contributed by atoms with Gasteiger partial charge >= 0.3 is 0 Å². The summed E-state index contributed by atoms with van der Waals surface area (Å²) >= 11 is 5.99. The standard InChI is InChI=1S/C15H23ClN2O/c1-12(17)14-11-13(16)5-6-15(14)19-10-4-9-18-7-2-3-8-18/h5-6,11-12H,2-4,7-10,17H2,1H3/t12-/m0/s1. The van der Waals surface area contributed by atoms with E-state index in [2.05, 4.69) is 4.90 Å². The first kappa shape index (κ1) is 14.6. The quantitative estimate of drug-likeness (QED) is 0.814. The molecule has 0 amide bonds. The van der Waals surface area contributed by atoms with Crippen molar-refractivity contribution in [2.75, 3.05) is 26.2 Å². The highest BCUT2D eigenvalue weighted by molar-refractivity contribution is 6.30. The summed E-state index contributed by atoms with van der Waals surface area (Å²) in [5.41, 5.74) is 6.92. The van der Waals surface area contributed by atoms with Crippen LogP contribution in [0, 0.1) is 0 Å². The van der Waals surface area contributed by atoms with Crippen molar-refractivity contribution in [3.05, 3.63) is 28.8 Å². The van der Waals surface area contributed by atoms with Crippen molar-refractivity contribution in [3.8, 4) is 5.75 Å². The summed E-state index contributed by atoms with van der Waals surface area (Å²) in [7, 11) is 0. The topological polar surface area (TPSA) is 38.5 Å². The van der Waals surface area contributed by atoms with Gasteiger partial charge in [-0.2, -0.15) is 0 Å². The second kappa shape index (κ2) is 7.13. The molecule has 0 unspecified atom stereocenters. The van der Waals surface area contributed by atoms with E-state index in [0.29, 0.717) is 5.02 Å². The van der Waals surface area contributed by atoms with Gasteiger partial charge in [-0.3, -0.25) is 0 Å². The van der Waals surface area contributed by atoms with E-state index in [1.165, 1.54) is 25.9 Å². The van der Waals surface area contributed by atoms with Crippen molar-refractivity contribution in [3.63, 3.8) is 0 Å². The first-order valence-electron chi connectivity index (χ1n) is 7.07. The third-order valence-corrected chi connectivity index (χ3v) is 3.77. The van der Waals surface area contributed by atoms with E-state index in [1.54, 1.807) is 0 Å². The van der Waals surface area contributed by atoms with Crippen LogP contribution in [0.5, 0.6) is 5.75 Å². The number of benzene rings is 1. The van der Waals surface area contributed by atoms with Gasteiger partial charge in [0.2, 0.25) is 0 Å². The molecule has 1 saturated heterocycles. The zero-order valence-corrected chi connectivity index (χ0v) is 12.3. The number of nitrogens with zero attached hydrogens (tertiary/aromatic N) is 1. The smallest absolute Gasteiger partial charge is 0.124 e. The van der Waals surface area contributed by atoms with Crippen LogP contribution in [0.1, 0.15) is 37.8 Å². The van der Waals surface area contributed by atoms with Crippen LogP contribution in [0.25, 0.3) is 0 Å². The number of hydrogen-bond donors (Lipinski definition) is 1. The zero-order chi connectivity index (χ0) is 13.7. The van der Waals surface area contributed by atoms with Gasteiger partial charge in [-0.05, 0) is 57.5 Å². The van der Waals surface area contributed by atoms with Gasteiger partial charge in [-0.1, -0.05) is 11.6 Å². The molecule has 1 aliphatic heterocycles. The minimum Gasteiger partial charge on any atom is -0.493 e. The van der Waals surface area contributed by atoms with Gasteiger partial charge in [0.05, 0.1) is 6.61 Å². The molecule has 0 aliphatic carbocycles. The van der Waals surface area contributed by atoms with E-state index < -0.39 is 0 Å². The number of ether oxygens (including phenoxy) is 1. The van der Waals surface area contributed by atoms with Crippen molar-refractivity contribution >= 4 is 11.6 Å². The van der Waals surface area contributed by atoms with Gasteiger partial charge in [0.15, 0.2) is 0 Å². The van der Waals surface area contributed by atoms with Crippen LogP contribution >= 0.6 is 11.6 Å². The number of rotatable bonds is 6. The SMILES string of the molecule is C[C@H](N)c1cc(Cl)ccc1OCCCN1CCCC1. The highest BCUT2D eigenvalue weighted by atomic mass is 35.5. The van der Waals surface area contributed by atoms with Crippen LogP contribution in [0.3, 0.4) is 0 Å². The fourth-order valence-corrected chi connectivity index (χ4v) is 2.66. The average Bonchev–Trinajstić information content (AvgIpc) is 2.89. The van der Waals surface area contributed by atoms with E-state index in [0.717, 1.165) is 30.9 Å². The van der Waals surface area contributed by atoms with Gasteiger partial charge in [-0.15, -0.1) is 0 Å². The molecule has 2 rings (SSSR count). The van der Waals surface area contributed by atoms with Gasteiger partial charge in [-0.25, -0.2) is 0 Å². The maximum Gasteiger partial charge on any atom is 0.124 e. The molecule has 4 heteroatoms. The predicted octanol–water partition coefficient (Wildman–Crippen LogP) is 3.22. The Balaban J connectivity index is 1.81. The normalized spacial score (nSPS) is 17.6. The Hall–Kier alpha value is -0.770. The second-order valence-electron chi connectivity index (χ2n) is 5.22. The lowest BCUT2D eigenvalue weighted by molar-refractivity contribution is 0.261.